The molecule has 3 nitrogen and oxygen atoms in total. The predicted octanol–water partition coefficient (Wildman–Crippen LogP) is 10.1. The summed E-state index contributed by atoms with van der Waals surface area (Å²) in [6.45, 7) is 4.02. The fourth-order valence-corrected chi connectivity index (χ4v) is 5.18. The average Bonchev–Trinajstić information content (AvgIpc) is 3.24. The van der Waals surface area contributed by atoms with Crippen molar-refractivity contribution in [2.75, 3.05) is 0 Å². The van der Waals surface area contributed by atoms with E-state index in [2.05, 4.69) is 52.3 Å². The summed E-state index contributed by atoms with van der Waals surface area (Å²) < 4.78 is 9.74. The molecule has 6 heteroatoms. The average molecular weight is 590 g/mol. The first-order valence-corrected chi connectivity index (χ1v) is 13.3. The van der Waals surface area contributed by atoms with Crippen LogP contribution in [0.15, 0.2) is 113 Å². The fourth-order valence-electron chi connectivity index (χ4n) is 4.24. The summed E-state index contributed by atoms with van der Waals surface area (Å²) >= 11 is 16.8. The number of para-hydroxylation sites is 1. The molecule has 0 fully saturated rings. The van der Waals surface area contributed by atoms with E-state index in [4.69, 9.17) is 32.9 Å². The van der Waals surface area contributed by atoms with Gasteiger partial charge in [-0.1, -0.05) is 106 Å². The van der Waals surface area contributed by atoms with E-state index < -0.39 is 0 Å². The van der Waals surface area contributed by atoms with E-state index in [-0.39, 0.29) is 0 Å². The minimum Gasteiger partial charge on any atom is -0.424 e. The highest BCUT2D eigenvalue weighted by molar-refractivity contribution is 9.10. The SMILES string of the molecule is Cc1ccc(C)n1/C(=N/c1c(Cl)cccc1Cl)Oc1c(-c2ccccc2)cc(Br)cc1-c1ccccc1. The Hall–Kier alpha value is -3.31. The molecule has 184 valence electrons. The van der Waals surface area contributed by atoms with Crippen molar-refractivity contribution in [3.05, 3.63) is 129 Å². The molecule has 0 saturated heterocycles. The third kappa shape index (κ3) is 5.37. The van der Waals surface area contributed by atoms with Crippen LogP contribution in [-0.4, -0.2) is 10.6 Å². The van der Waals surface area contributed by atoms with E-state index in [0.717, 1.165) is 38.1 Å². The van der Waals surface area contributed by atoms with E-state index in [0.29, 0.717) is 27.5 Å². The van der Waals surface area contributed by atoms with E-state index in [1.807, 2.05) is 66.9 Å². The largest absolute Gasteiger partial charge is 0.424 e. The standard InChI is InChI=1S/C31H23BrCl2N2O/c1-20-16-17-21(2)36(20)31(35-29-27(33)14-9-15-28(29)34)37-30-25(22-10-5-3-6-11-22)18-24(32)19-26(30)23-12-7-4-8-13-23/h3-19H,1-2H3/b35-31-. The lowest BCUT2D eigenvalue weighted by Crippen LogP contribution is -2.22. The van der Waals surface area contributed by atoms with Gasteiger partial charge in [-0.05, 0) is 61.4 Å². The normalized spacial score (nSPS) is 11.5. The fraction of sp³-hybridized carbons (Fsp3) is 0.0645. The van der Waals surface area contributed by atoms with Gasteiger partial charge in [0.2, 0.25) is 0 Å². The zero-order chi connectivity index (χ0) is 25.9. The summed E-state index contributed by atoms with van der Waals surface area (Å²) in [6, 6.07) is 34.2. The lowest BCUT2D eigenvalue weighted by molar-refractivity contribution is 0.524. The van der Waals surface area contributed by atoms with Crippen LogP contribution in [0.2, 0.25) is 10.0 Å². The second kappa shape index (κ2) is 11.0. The number of benzene rings is 4. The number of nitrogens with zero attached hydrogens (tertiary/aromatic N) is 2. The van der Waals surface area contributed by atoms with Gasteiger partial charge in [0.15, 0.2) is 0 Å². The van der Waals surface area contributed by atoms with Gasteiger partial charge < -0.3 is 4.74 Å². The molecule has 0 atom stereocenters. The van der Waals surface area contributed by atoms with Crippen LogP contribution < -0.4 is 4.74 Å². The Balaban J connectivity index is 1.79. The summed E-state index contributed by atoms with van der Waals surface area (Å²) in [7, 11) is 0. The van der Waals surface area contributed by atoms with Crippen LogP contribution in [0.25, 0.3) is 22.3 Å². The van der Waals surface area contributed by atoms with Gasteiger partial charge in [-0.3, -0.25) is 4.57 Å². The monoisotopic (exact) mass is 588 g/mol. The summed E-state index contributed by atoms with van der Waals surface area (Å²) in [4.78, 5) is 4.89. The smallest absolute Gasteiger partial charge is 0.307 e. The molecule has 0 bridgehead atoms. The minimum atomic E-state index is 0.353. The molecule has 0 spiro atoms. The summed E-state index contributed by atoms with van der Waals surface area (Å²) in [5.74, 6) is 0.676. The number of ether oxygens (including phenoxy) is 1. The van der Waals surface area contributed by atoms with Crippen molar-refractivity contribution in [3.8, 4) is 28.0 Å². The maximum atomic E-state index is 6.84. The van der Waals surface area contributed by atoms with Crippen molar-refractivity contribution in [1.82, 2.24) is 4.57 Å². The lowest BCUT2D eigenvalue weighted by atomic mass is 9.97. The zero-order valence-corrected chi connectivity index (χ0v) is 23.3. The summed E-state index contributed by atoms with van der Waals surface area (Å²) in [5, 5.41) is 0.886. The lowest BCUT2D eigenvalue weighted by Gasteiger charge is -2.20. The highest BCUT2D eigenvalue weighted by atomic mass is 79.9. The molecule has 0 aliphatic heterocycles. The van der Waals surface area contributed by atoms with E-state index >= 15 is 0 Å². The first-order chi connectivity index (χ1) is 17.9. The van der Waals surface area contributed by atoms with Gasteiger partial charge >= 0.3 is 6.02 Å². The van der Waals surface area contributed by atoms with Crippen LogP contribution >= 0.6 is 39.1 Å². The molecule has 0 saturated carbocycles. The number of aromatic nitrogens is 1. The van der Waals surface area contributed by atoms with Crippen LogP contribution in [0.5, 0.6) is 5.75 Å². The van der Waals surface area contributed by atoms with Gasteiger partial charge in [-0.15, -0.1) is 0 Å². The molecule has 4 aromatic carbocycles. The van der Waals surface area contributed by atoms with E-state index in [9.17, 15) is 0 Å². The maximum Gasteiger partial charge on any atom is 0.307 e. The second-order valence-corrected chi connectivity index (χ2v) is 10.3. The molecule has 1 heterocycles. The molecule has 0 amide bonds. The van der Waals surface area contributed by atoms with Gasteiger partial charge in [0.05, 0.1) is 10.0 Å². The van der Waals surface area contributed by atoms with Crippen LogP contribution in [0.3, 0.4) is 0 Å². The van der Waals surface area contributed by atoms with Crippen LogP contribution in [-0.2, 0) is 0 Å². The number of hydrogen-bond acceptors (Lipinski definition) is 2. The summed E-state index contributed by atoms with van der Waals surface area (Å²) in [6.07, 6.45) is 0. The molecule has 0 aliphatic rings. The zero-order valence-electron chi connectivity index (χ0n) is 20.3. The van der Waals surface area contributed by atoms with Crippen molar-refractivity contribution >= 4 is 50.8 Å². The molecule has 0 unspecified atom stereocenters. The van der Waals surface area contributed by atoms with Gasteiger partial charge in [0.25, 0.3) is 0 Å². The Labute approximate surface area is 235 Å². The third-order valence-electron chi connectivity index (χ3n) is 6.02. The molecule has 1 aromatic heterocycles. The maximum absolute atomic E-state index is 6.84. The number of halogens is 3. The van der Waals surface area contributed by atoms with E-state index in [1.54, 1.807) is 18.2 Å². The Bertz CT molecular complexity index is 1490. The molecular formula is C31H23BrCl2N2O. The highest BCUT2D eigenvalue weighted by Crippen LogP contribution is 2.42. The third-order valence-corrected chi connectivity index (χ3v) is 7.09. The summed E-state index contributed by atoms with van der Waals surface area (Å²) in [5.41, 5.74) is 6.29. The van der Waals surface area contributed by atoms with Crippen molar-refractivity contribution in [1.29, 1.82) is 0 Å². The second-order valence-electron chi connectivity index (χ2n) is 8.58. The number of aliphatic imine (C=N–C) groups is 1. The van der Waals surface area contributed by atoms with Crippen molar-refractivity contribution < 1.29 is 4.74 Å². The van der Waals surface area contributed by atoms with Crippen LogP contribution in [0.1, 0.15) is 11.4 Å². The van der Waals surface area contributed by atoms with Gasteiger partial charge in [-0.25, -0.2) is 0 Å². The predicted molar refractivity (Wildman–Crippen MR) is 159 cm³/mol. The molecule has 5 aromatic rings. The number of rotatable bonds is 4. The Kier molecular flexibility index (Phi) is 7.52. The van der Waals surface area contributed by atoms with Crippen LogP contribution in [0, 0.1) is 13.8 Å². The van der Waals surface area contributed by atoms with Crippen molar-refractivity contribution in [2.24, 2.45) is 4.99 Å². The molecule has 0 radical (unpaired) electrons. The first kappa shape index (κ1) is 25.3. The molecular weight excluding hydrogens is 567 g/mol. The van der Waals surface area contributed by atoms with Crippen LogP contribution in [0.4, 0.5) is 5.69 Å². The highest BCUT2D eigenvalue weighted by Gasteiger charge is 2.21. The van der Waals surface area contributed by atoms with Gasteiger partial charge in [0.1, 0.15) is 11.4 Å². The molecule has 37 heavy (non-hydrogen) atoms. The number of aryl methyl sites for hydroxylation is 2. The molecule has 0 N–H and O–H groups in total. The molecule has 5 rings (SSSR count). The van der Waals surface area contributed by atoms with Gasteiger partial charge in [0, 0.05) is 27.0 Å². The number of hydrogen-bond donors (Lipinski definition) is 0. The van der Waals surface area contributed by atoms with E-state index in [1.165, 1.54) is 0 Å². The quantitative estimate of drug-likeness (QED) is 0.151. The first-order valence-electron chi connectivity index (χ1n) is 11.7. The van der Waals surface area contributed by atoms with Crippen molar-refractivity contribution in [3.63, 3.8) is 0 Å². The minimum absolute atomic E-state index is 0.353. The Morgan fingerprint density at radius 2 is 1.19 bits per heavy atom. The Morgan fingerprint density at radius 1 is 0.703 bits per heavy atom. The van der Waals surface area contributed by atoms with Crippen molar-refractivity contribution in [2.45, 2.75) is 13.8 Å². The molecule has 0 aliphatic carbocycles. The van der Waals surface area contributed by atoms with Gasteiger partial charge in [-0.2, -0.15) is 4.99 Å². The Morgan fingerprint density at radius 3 is 1.68 bits per heavy atom. The topological polar surface area (TPSA) is 26.5 Å².